The Kier molecular flexibility index (Phi) is 9.89. The molecule has 2 heteroatoms. The minimum absolute atomic E-state index is 0.255. The van der Waals surface area contributed by atoms with Crippen LogP contribution in [-0.4, -0.2) is 0 Å². The van der Waals surface area contributed by atoms with E-state index in [4.69, 9.17) is 4.42 Å². The lowest BCUT2D eigenvalue weighted by Gasteiger charge is -2.35. The summed E-state index contributed by atoms with van der Waals surface area (Å²) < 4.78 is 6.33. The fourth-order valence-corrected chi connectivity index (χ4v) is 12.5. The Labute approximate surface area is 399 Å². The zero-order valence-electron chi connectivity index (χ0n) is 38.5. The number of hydrogen-bond donors (Lipinski definition) is 0. The lowest BCUT2D eigenvalue weighted by atomic mass is 9.70. The van der Waals surface area contributed by atoms with E-state index in [-0.39, 0.29) is 5.41 Å². The lowest BCUT2D eigenvalue weighted by Crippen LogP contribution is -2.22. The molecule has 2 nitrogen and oxygen atoms in total. The number of benzene rings is 9. The summed E-state index contributed by atoms with van der Waals surface area (Å²) in [6.45, 7) is 2.40. The van der Waals surface area contributed by atoms with Crippen LogP contribution in [0.25, 0.3) is 72.5 Å². The first-order chi connectivity index (χ1) is 33.6. The van der Waals surface area contributed by atoms with Gasteiger partial charge in [-0.3, -0.25) is 0 Å². The van der Waals surface area contributed by atoms with Crippen LogP contribution in [0.5, 0.6) is 0 Å². The number of furan rings is 1. The highest BCUT2D eigenvalue weighted by Gasteiger charge is 2.41. The number of fused-ring (bicyclic) bond motifs is 7. The van der Waals surface area contributed by atoms with E-state index in [0.29, 0.717) is 11.8 Å². The number of rotatable bonds is 8. The minimum atomic E-state index is -0.255. The van der Waals surface area contributed by atoms with Gasteiger partial charge in [0.25, 0.3) is 0 Å². The second kappa shape index (κ2) is 16.6. The maximum Gasteiger partial charge on any atom is 0.136 e. The van der Waals surface area contributed by atoms with E-state index in [0.717, 1.165) is 45.3 Å². The zero-order chi connectivity index (χ0) is 45.2. The van der Waals surface area contributed by atoms with Crippen LogP contribution in [0.1, 0.15) is 79.2 Å². The van der Waals surface area contributed by atoms with Crippen molar-refractivity contribution >= 4 is 45.1 Å². The van der Waals surface area contributed by atoms with Gasteiger partial charge in [-0.2, -0.15) is 0 Å². The lowest BCUT2D eigenvalue weighted by molar-refractivity contribution is 0.304. The van der Waals surface area contributed by atoms with Gasteiger partial charge in [0, 0.05) is 33.1 Å². The molecule has 13 rings (SSSR count). The van der Waals surface area contributed by atoms with Gasteiger partial charge in [-0.25, -0.2) is 0 Å². The van der Waals surface area contributed by atoms with Crippen LogP contribution in [0.3, 0.4) is 0 Å². The minimum Gasteiger partial charge on any atom is -0.456 e. The summed E-state index contributed by atoms with van der Waals surface area (Å²) in [6, 6.07) is 76.4. The van der Waals surface area contributed by atoms with Crippen molar-refractivity contribution in [3.63, 3.8) is 0 Å². The van der Waals surface area contributed by atoms with Crippen molar-refractivity contribution in [2.45, 2.75) is 56.8 Å². The molecule has 0 N–H and O–H groups in total. The monoisotopic (exact) mass is 875 g/mol. The predicted octanol–water partition coefficient (Wildman–Crippen LogP) is 18.5. The Morgan fingerprint density at radius 3 is 1.94 bits per heavy atom. The molecule has 3 aliphatic carbocycles. The number of anilines is 3. The summed E-state index contributed by atoms with van der Waals surface area (Å²) in [7, 11) is 0. The average Bonchev–Trinajstić information content (AvgIpc) is 3.92. The van der Waals surface area contributed by atoms with E-state index in [1.54, 1.807) is 0 Å². The molecular formula is C66H53NO. The maximum atomic E-state index is 6.33. The van der Waals surface area contributed by atoms with Gasteiger partial charge in [-0.05, 0) is 153 Å². The van der Waals surface area contributed by atoms with E-state index in [2.05, 4.69) is 224 Å². The smallest absolute Gasteiger partial charge is 0.136 e. The van der Waals surface area contributed by atoms with Crippen molar-refractivity contribution in [3.8, 4) is 44.5 Å². The van der Waals surface area contributed by atoms with E-state index in [1.165, 1.54) is 105 Å². The average molecular weight is 876 g/mol. The van der Waals surface area contributed by atoms with Gasteiger partial charge in [-0.15, -0.1) is 0 Å². The Morgan fingerprint density at radius 1 is 0.485 bits per heavy atom. The van der Waals surface area contributed by atoms with Crippen molar-refractivity contribution in [2.24, 2.45) is 5.92 Å². The van der Waals surface area contributed by atoms with Crippen LogP contribution < -0.4 is 4.90 Å². The molecule has 10 aromatic rings. The molecule has 68 heavy (non-hydrogen) atoms. The van der Waals surface area contributed by atoms with Gasteiger partial charge in [-0.1, -0.05) is 189 Å². The quantitative estimate of drug-likeness (QED) is 0.151. The van der Waals surface area contributed by atoms with Crippen LogP contribution >= 0.6 is 0 Å². The molecule has 1 heterocycles. The molecule has 2 atom stereocenters. The fraction of sp³-hybridized carbons (Fsp3) is 0.152. The van der Waals surface area contributed by atoms with Crippen molar-refractivity contribution < 1.29 is 4.42 Å². The number of hydrogen-bond acceptors (Lipinski definition) is 2. The van der Waals surface area contributed by atoms with Crippen LogP contribution in [0.15, 0.2) is 217 Å². The highest BCUT2D eigenvalue weighted by atomic mass is 16.3. The Balaban J connectivity index is 0.940. The molecule has 1 aromatic heterocycles. The fourth-order valence-electron chi connectivity index (χ4n) is 12.5. The first-order valence-corrected chi connectivity index (χ1v) is 24.7. The molecule has 1 saturated carbocycles. The normalized spacial score (nSPS) is 17.5. The summed E-state index contributed by atoms with van der Waals surface area (Å²) in [5.41, 5.74) is 21.9. The van der Waals surface area contributed by atoms with E-state index < -0.39 is 0 Å². The first-order valence-electron chi connectivity index (χ1n) is 24.7. The summed E-state index contributed by atoms with van der Waals surface area (Å²) in [5, 5.41) is 2.30. The Hall–Kier alpha value is -7.68. The highest BCUT2D eigenvalue weighted by Crippen LogP contribution is 2.54. The molecule has 328 valence electrons. The van der Waals surface area contributed by atoms with Crippen molar-refractivity contribution in [1.29, 1.82) is 0 Å². The van der Waals surface area contributed by atoms with Gasteiger partial charge in [0.2, 0.25) is 0 Å². The molecule has 1 fully saturated rings. The third-order valence-electron chi connectivity index (χ3n) is 15.8. The number of allylic oxidation sites excluding steroid dienone is 1. The molecule has 3 aliphatic rings. The van der Waals surface area contributed by atoms with Crippen LogP contribution in [0.4, 0.5) is 17.1 Å². The second-order valence-electron chi connectivity index (χ2n) is 19.5. The van der Waals surface area contributed by atoms with Gasteiger partial charge in [0.1, 0.15) is 11.2 Å². The van der Waals surface area contributed by atoms with Crippen LogP contribution in [-0.2, 0) is 5.41 Å². The SMILES string of the molecule is CC1(c2ccccc2)c2ccccc2-c2ccc(-c3ccc(N(c4ccc(-c5cccc6oc7ccccc7c56)cc4)c4ccccc4-c4cccc5c4C(C4CCCCC4)CC=C5)cc3)cc21. The third kappa shape index (κ3) is 6.61. The van der Waals surface area contributed by atoms with E-state index in [9.17, 15) is 0 Å². The van der Waals surface area contributed by atoms with Crippen LogP contribution in [0.2, 0.25) is 0 Å². The molecule has 0 spiro atoms. The van der Waals surface area contributed by atoms with E-state index >= 15 is 0 Å². The van der Waals surface area contributed by atoms with Gasteiger partial charge < -0.3 is 9.32 Å². The molecule has 9 aromatic carbocycles. The molecule has 0 amide bonds. The zero-order valence-corrected chi connectivity index (χ0v) is 38.5. The summed E-state index contributed by atoms with van der Waals surface area (Å²) in [4.78, 5) is 2.48. The standard InChI is InChI=1S/C66H53NO/c1-66(49-21-6-3-7-22-49)59-29-11-8-23-54(59)55-42-37-48(43-60(55)66)44-33-38-50(39-34-44)67(51-40-35-46(36-41-51)53-27-16-32-63-65(53)58-25-10-13-31-62(58)68-63)61-30-12-9-24-56(61)57-28-15-20-47-19-14-26-52(64(47)57)45-17-4-2-5-18-45/h3,6-16,19-25,27-43,45,52H,2,4-5,17-18,26H2,1H3. The number of nitrogens with zero attached hydrogens (tertiary/aromatic N) is 1. The van der Waals surface area contributed by atoms with E-state index in [1.807, 2.05) is 6.07 Å². The Bertz CT molecular complexity index is 3530. The largest absolute Gasteiger partial charge is 0.456 e. The molecule has 0 radical (unpaired) electrons. The Morgan fingerprint density at radius 2 is 1.12 bits per heavy atom. The molecule has 0 bridgehead atoms. The summed E-state index contributed by atoms with van der Waals surface area (Å²) in [6.07, 6.45) is 12.6. The topological polar surface area (TPSA) is 16.4 Å². The molecular weight excluding hydrogens is 823 g/mol. The van der Waals surface area contributed by atoms with Crippen molar-refractivity contribution in [2.75, 3.05) is 4.90 Å². The molecule has 0 aliphatic heterocycles. The second-order valence-corrected chi connectivity index (χ2v) is 19.5. The predicted molar refractivity (Wildman–Crippen MR) is 285 cm³/mol. The highest BCUT2D eigenvalue weighted by molar-refractivity contribution is 6.12. The van der Waals surface area contributed by atoms with Crippen LogP contribution in [0, 0.1) is 5.92 Å². The van der Waals surface area contributed by atoms with Gasteiger partial charge in [0.15, 0.2) is 0 Å². The maximum absolute atomic E-state index is 6.33. The molecule has 2 unspecified atom stereocenters. The third-order valence-corrected chi connectivity index (χ3v) is 15.8. The summed E-state index contributed by atoms with van der Waals surface area (Å²) in [5.74, 6) is 1.24. The summed E-state index contributed by atoms with van der Waals surface area (Å²) >= 11 is 0. The number of para-hydroxylation sites is 2. The van der Waals surface area contributed by atoms with Crippen molar-refractivity contribution in [1.82, 2.24) is 0 Å². The van der Waals surface area contributed by atoms with Gasteiger partial charge >= 0.3 is 0 Å². The first kappa shape index (κ1) is 40.6. The molecule has 0 saturated heterocycles. The van der Waals surface area contributed by atoms with Crippen molar-refractivity contribution in [3.05, 3.63) is 240 Å². The van der Waals surface area contributed by atoms with Gasteiger partial charge in [0.05, 0.1) is 5.69 Å².